The summed E-state index contributed by atoms with van der Waals surface area (Å²) in [4.78, 5) is 43.9. The van der Waals surface area contributed by atoms with E-state index >= 15 is 0 Å². The molecule has 1 aliphatic heterocycles. The van der Waals surface area contributed by atoms with Crippen molar-refractivity contribution in [2.75, 3.05) is 0 Å². The Bertz CT molecular complexity index is 1130. The number of nitrogens with two attached hydrogens (primary N) is 1. The average molecular weight is 478 g/mol. The van der Waals surface area contributed by atoms with Crippen LogP contribution in [0.1, 0.15) is 50.0 Å². The maximum absolute atomic E-state index is 13.3. The van der Waals surface area contributed by atoms with Gasteiger partial charge >= 0.3 is 0 Å². The number of carbonyl (C=O) groups excluding carboxylic acids is 3. The highest BCUT2D eigenvalue weighted by Crippen LogP contribution is 2.70. The number of Topliss-reactive ketones (excluding diaryl/α,β-unsaturated/α-hetero) is 1. The van der Waals surface area contributed by atoms with E-state index < -0.39 is 16.3 Å². The standard InChI is InChI=1S/C22H25Cl2N5O3/c1-21(2)17(22(21,23)24)4-3-16(30)14-8-11-7-13(11)29(14)18(31)10-28-15-9-26-6-5-12(15)19(27-28)20(25)32/h5-6,9,11,13-14,17H,3-4,7-8,10H2,1-2H3,(H2,25,32)/t11-,13-,14+,17-/m1/s1. The van der Waals surface area contributed by atoms with Gasteiger partial charge in [-0.1, -0.05) is 13.8 Å². The Kier molecular flexibility index (Phi) is 4.84. The van der Waals surface area contributed by atoms with Crippen LogP contribution in [0, 0.1) is 17.3 Å². The minimum absolute atomic E-state index is 0.0576. The minimum Gasteiger partial charge on any atom is -0.364 e. The molecule has 0 spiro atoms. The lowest BCUT2D eigenvalue weighted by molar-refractivity contribution is -0.139. The number of primary amides is 1. The van der Waals surface area contributed by atoms with Gasteiger partial charge in [0.1, 0.15) is 10.9 Å². The summed E-state index contributed by atoms with van der Waals surface area (Å²) in [6.45, 7) is 3.93. The van der Waals surface area contributed by atoms with Crippen LogP contribution in [0.4, 0.5) is 0 Å². The lowest BCUT2D eigenvalue weighted by atomic mass is 9.99. The van der Waals surface area contributed by atoms with Gasteiger partial charge in [-0.3, -0.25) is 24.0 Å². The Labute approximate surface area is 195 Å². The number of nitrogens with zero attached hydrogens (tertiary/aromatic N) is 4. The summed E-state index contributed by atoms with van der Waals surface area (Å²) in [6.07, 6.45) is 5.68. The maximum Gasteiger partial charge on any atom is 0.269 e. The van der Waals surface area contributed by atoms with Gasteiger partial charge < -0.3 is 10.6 Å². The van der Waals surface area contributed by atoms with Crippen LogP contribution < -0.4 is 5.73 Å². The number of fused-ring (bicyclic) bond motifs is 2. The first-order chi connectivity index (χ1) is 15.0. The van der Waals surface area contributed by atoms with Crippen molar-refractivity contribution in [2.24, 2.45) is 23.0 Å². The number of alkyl halides is 2. The smallest absolute Gasteiger partial charge is 0.269 e. The highest BCUT2D eigenvalue weighted by atomic mass is 35.5. The summed E-state index contributed by atoms with van der Waals surface area (Å²) in [5.74, 6) is -0.350. The molecule has 5 rings (SSSR count). The van der Waals surface area contributed by atoms with Crippen LogP contribution >= 0.6 is 23.2 Å². The molecule has 10 heteroatoms. The highest BCUT2D eigenvalue weighted by molar-refractivity contribution is 6.51. The fourth-order valence-electron chi connectivity index (χ4n) is 5.39. The monoisotopic (exact) mass is 477 g/mol. The molecule has 170 valence electrons. The van der Waals surface area contributed by atoms with E-state index in [4.69, 9.17) is 28.9 Å². The second-order valence-corrected chi connectivity index (χ2v) is 11.2. The lowest BCUT2D eigenvalue weighted by Crippen LogP contribution is -2.44. The summed E-state index contributed by atoms with van der Waals surface area (Å²) in [5, 5.41) is 4.80. The van der Waals surface area contributed by atoms with Crippen molar-refractivity contribution in [3.63, 3.8) is 0 Å². The minimum atomic E-state index is -0.798. The van der Waals surface area contributed by atoms with E-state index in [2.05, 4.69) is 10.1 Å². The third-order valence-corrected chi connectivity index (χ3v) is 9.10. The number of amides is 2. The molecular weight excluding hydrogens is 453 g/mol. The van der Waals surface area contributed by atoms with Crippen LogP contribution in [0.25, 0.3) is 10.9 Å². The van der Waals surface area contributed by atoms with Crippen LogP contribution in [-0.4, -0.2) is 53.7 Å². The SMILES string of the molecule is CC1(C)[C@@H](CCC(=O)[C@@H]2C[C@H]3C[C@H]3N2C(=O)Cn2nc(C(N)=O)c3ccncc32)C1(Cl)Cl. The molecule has 0 bridgehead atoms. The summed E-state index contributed by atoms with van der Waals surface area (Å²) < 4.78 is 0.651. The second-order valence-electron chi connectivity index (χ2n) is 9.78. The topological polar surface area (TPSA) is 111 Å². The van der Waals surface area contributed by atoms with Crippen molar-refractivity contribution in [3.8, 4) is 0 Å². The molecular formula is C22H25Cl2N5O3. The third-order valence-electron chi connectivity index (χ3n) is 7.60. The average Bonchev–Trinajstić information content (AvgIpc) is 3.39. The van der Waals surface area contributed by atoms with E-state index in [1.165, 1.54) is 4.68 Å². The predicted octanol–water partition coefficient (Wildman–Crippen LogP) is 2.70. The van der Waals surface area contributed by atoms with Crippen LogP contribution in [0.5, 0.6) is 0 Å². The maximum atomic E-state index is 13.3. The Morgan fingerprint density at radius 3 is 2.62 bits per heavy atom. The molecule has 3 aliphatic rings. The molecule has 2 aliphatic carbocycles. The number of pyridine rings is 1. The van der Waals surface area contributed by atoms with Gasteiger partial charge in [0.15, 0.2) is 11.5 Å². The first-order valence-corrected chi connectivity index (χ1v) is 11.6. The van der Waals surface area contributed by atoms with Gasteiger partial charge in [0.2, 0.25) is 5.91 Å². The molecule has 1 saturated heterocycles. The van der Waals surface area contributed by atoms with Crippen LogP contribution in [0.15, 0.2) is 18.5 Å². The lowest BCUT2D eigenvalue weighted by Gasteiger charge is -2.27. The number of piperidine rings is 1. The van der Waals surface area contributed by atoms with E-state index in [0.717, 1.165) is 6.42 Å². The van der Waals surface area contributed by atoms with Crippen molar-refractivity contribution >= 4 is 51.7 Å². The molecule has 2 saturated carbocycles. The first kappa shape index (κ1) is 21.6. The Morgan fingerprint density at radius 2 is 1.97 bits per heavy atom. The summed E-state index contributed by atoms with van der Waals surface area (Å²) >= 11 is 12.7. The van der Waals surface area contributed by atoms with Crippen LogP contribution in [0.3, 0.4) is 0 Å². The first-order valence-electron chi connectivity index (χ1n) is 10.9. The van der Waals surface area contributed by atoms with Crippen molar-refractivity contribution in [2.45, 2.75) is 62.5 Å². The van der Waals surface area contributed by atoms with Gasteiger partial charge in [-0.25, -0.2) is 0 Å². The quantitative estimate of drug-likeness (QED) is 0.616. The molecule has 4 atom stereocenters. The van der Waals surface area contributed by atoms with E-state index in [0.29, 0.717) is 36.1 Å². The van der Waals surface area contributed by atoms with Gasteiger partial charge in [-0.2, -0.15) is 5.10 Å². The normalized spacial score (nSPS) is 29.1. The molecule has 0 aromatic carbocycles. The molecule has 2 N–H and O–H groups in total. The molecule has 2 aromatic heterocycles. The molecule has 2 aromatic rings. The van der Waals surface area contributed by atoms with Crippen molar-refractivity contribution in [1.29, 1.82) is 0 Å². The van der Waals surface area contributed by atoms with Gasteiger partial charge in [-0.15, -0.1) is 23.2 Å². The summed E-state index contributed by atoms with van der Waals surface area (Å²) in [5.41, 5.74) is 5.89. The number of aromatic nitrogens is 3. The largest absolute Gasteiger partial charge is 0.364 e. The molecule has 3 heterocycles. The Balaban J connectivity index is 1.31. The third kappa shape index (κ3) is 3.22. The molecule has 3 fully saturated rings. The van der Waals surface area contributed by atoms with Crippen molar-refractivity contribution < 1.29 is 14.4 Å². The van der Waals surface area contributed by atoms with Gasteiger partial charge in [-0.05, 0) is 31.2 Å². The second kappa shape index (κ2) is 7.15. The molecule has 0 unspecified atom stereocenters. The number of carbonyl (C=O) groups is 3. The van der Waals surface area contributed by atoms with Crippen LogP contribution in [-0.2, 0) is 16.1 Å². The number of hydrogen-bond acceptors (Lipinski definition) is 5. The van der Waals surface area contributed by atoms with Crippen molar-refractivity contribution in [3.05, 3.63) is 24.2 Å². The highest BCUT2D eigenvalue weighted by Gasteiger charge is 2.69. The zero-order chi connectivity index (χ0) is 23.0. The predicted molar refractivity (Wildman–Crippen MR) is 119 cm³/mol. The zero-order valence-corrected chi connectivity index (χ0v) is 19.4. The fourth-order valence-corrected chi connectivity index (χ4v) is 6.31. The fraction of sp³-hybridized carbons (Fsp3) is 0.591. The van der Waals surface area contributed by atoms with Crippen LogP contribution in [0.2, 0.25) is 0 Å². The van der Waals surface area contributed by atoms with E-state index in [-0.39, 0.29) is 41.3 Å². The summed E-state index contributed by atoms with van der Waals surface area (Å²) in [6, 6.07) is 1.32. The molecule has 2 amide bonds. The van der Waals surface area contributed by atoms with Gasteiger partial charge in [0.25, 0.3) is 5.91 Å². The summed E-state index contributed by atoms with van der Waals surface area (Å²) in [7, 11) is 0. The number of ketones is 1. The number of halogens is 2. The number of hydrogen-bond donors (Lipinski definition) is 1. The van der Waals surface area contributed by atoms with E-state index in [9.17, 15) is 14.4 Å². The number of rotatable bonds is 7. The van der Waals surface area contributed by atoms with Gasteiger partial charge in [0.05, 0.1) is 17.8 Å². The van der Waals surface area contributed by atoms with E-state index in [1.807, 2.05) is 13.8 Å². The molecule has 8 nitrogen and oxygen atoms in total. The van der Waals surface area contributed by atoms with Crippen molar-refractivity contribution in [1.82, 2.24) is 19.7 Å². The zero-order valence-electron chi connectivity index (χ0n) is 17.9. The molecule has 0 radical (unpaired) electrons. The van der Waals surface area contributed by atoms with E-state index in [1.54, 1.807) is 23.4 Å². The number of likely N-dealkylation sites (tertiary alicyclic amines) is 1. The Morgan fingerprint density at radius 1 is 1.25 bits per heavy atom. The molecule has 32 heavy (non-hydrogen) atoms. The Hall–Kier alpha value is -2.19. The van der Waals surface area contributed by atoms with Gasteiger partial charge in [0, 0.05) is 35.4 Å².